The first-order valence-electron chi connectivity index (χ1n) is 5.39. The summed E-state index contributed by atoms with van der Waals surface area (Å²) in [5.41, 5.74) is 0.978. The third-order valence-corrected chi connectivity index (χ3v) is 2.37. The first-order valence-corrected chi connectivity index (χ1v) is 5.39. The van der Waals surface area contributed by atoms with Crippen molar-refractivity contribution in [2.75, 3.05) is 7.11 Å². The maximum atomic E-state index is 11.5. The highest BCUT2D eigenvalue weighted by molar-refractivity contribution is 5.81. The minimum Gasteiger partial charge on any atom is -0.469 e. The number of nitrogens with zero attached hydrogens (tertiary/aromatic N) is 1. The van der Waals surface area contributed by atoms with Gasteiger partial charge in [0.1, 0.15) is 0 Å². The van der Waals surface area contributed by atoms with Gasteiger partial charge in [0, 0.05) is 18.8 Å². The third-order valence-electron chi connectivity index (χ3n) is 2.37. The molecule has 0 saturated carbocycles. The van der Waals surface area contributed by atoms with Crippen molar-refractivity contribution in [3.63, 3.8) is 0 Å². The van der Waals surface area contributed by atoms with Crippen molar-refractivity contribution in [2.45, 2.75) is 25.8 Å². The molecule has 0 aliphatic rings. The Balaban J connectivity index is 2.39. The molecule has 0 spiro atoms. The summed E-state index contributed by atoms with van der Waals surface area (Å²) in [7, 11) is 1.31. The van der Waals surface area contributed by atoms with Crippen LogP contribution in [0.25, 0.3) is 0 Å². The van der Waals surface area contributed by atoms with Crippen molar-refractivity contribution in [3.05, 3.63) is 30.1 Å². The number of carbonyl (C=O) groups excluding carboxylic acids is 2. The molecule has 92 valence electrons. The van der Waals surface area contributed by atoms with E-state index in [0.717, 1.165) is 5.56 Å². The lowest BCUT2D eigenvalue weighted by molar-refractivity contribution is -0.142. The average molecular weight is 236 g/mol. The fourth-order valence-corrected chi connectivity index (χ4v) is 1.37. The molecular weight excluding hydrogens is 220 g/mol. The Bertz CT molecular complexity index is 379. The van der Waals surface area contributed by atoms with Crippen molar-refractivity contribution in [3.8, 4) is 0 Å². The van der Waals surface area contributed by atoms with Gasteiger partial charge in [0.25, 0.3) is 0 Å². The second-order valence-corrected chi connectivity index (χ2v) is 3.65. The predicted octanol–water partition coefficient (Wildman–Crippen LogP) is 1.21. The van der Waals surface area contributed by atoms with E-state index in [9.17, 15) is 9.59 Å². The van der Waals surface area contributed by atoms with Crippen LogP contribution in [0, 0.1) is 0 Å². The minimum absolute atomic E-state index is 0.0943. The van der Waals surface area contributed by atoms with E-state index in [-0.39, 0.29) is 30.8 Å². The molecule has 1 rings (SSSR count). The Morgan fingerprint density at radius 3 is 2.59 bits per heavy atom. The van der Waals surface area contributed by atoms with Crippen LogP contribution in [-0.2, 0) is 14.3 Å². The molecule has 0 aliphatic carbocycles. The quantitative estimate of drug-likeness (QED) is 0.780. The van der Waals surface area contributed by atoms with Crippen LogP contribution in [0.2, 0.25) is 0 Å². The van der Waals surface area contributed by atoms with Crippen LogP contribution in [0.15, 0.2) is 24.5 Å². The molecule has 0 aliphatic heterocycles. The third kappa shape index (κ3) is 4.63. The molecule has 1 aromatic rings. The molecule has 5 nitrogen and oxygen atoms in total. The molecule has 0 aromatic carbocycles. The number of hydrogen-bond acceptors (Lipinski definition) is 4. The fourth-order valence-electron chi connectivity index (χ4n) is 1.37. The van der Waals surface area contributed by atoms with Gasteiger partial charge in [-0.2, -0.15) is 0 Å². The summed E-state index contributed by atoms with van der Waals surface area (Å²) in [4.78, 5) is 26.3. The van der Waals surface area contributed by atoms with Gasteiger partial charge in [-0.05, 0) is 24.6 Å². The summed E-state index contributed by atoms with van der Waals surface area (Å²) in [6.07, 6.45) is 3.59. The van der Waals surface area contributed by atoms with E-state index < -0.39 is 0 Å². The van der Waals surface area contributed by atoms with Crippen molar-refractivity contribution in [2.24, 2.45) is 0 Å². The Morgan fingerprint density at radius 1 is 1.35 bits per heavy atom. The molecule has 5 heteroatoms. The summed E-state index contributed by atoms with van der Waals surface area (Å²) in [5.74, 6) is -0.545. The van der Waals surface area contributed by atoms with Crippen LogP contribution in [0.5, 0.6) is 0 Å². The van der Waals surface area contributed by atoms with E-state index in [1.165, 1.54) is 7.11 Å². The molecule has 1 aromatic heterocycles. The number of esters is 1. The average Bonchev–Trinajstić information content (AvgIpc) is 2.36. The zero-order chi connectivity index (χ0) is 12.7. The number of methoxy groups -OCH3 is 1. The van der Waals surface area contributed by atoms with Gasteiger partial charge in [-0.15, -0.1) is 0 Å². The zero-order valence-corrected chi connectivity index (χ0v) is 9.97. The lowest BCUT2D eigenvalue weighted by atomic mass is 10.1. The van der Waals surface area contributed by atoms with Crippen molar-refractivity contribution < 1.29 is 14.3 Å². The molecule has 17 heavy (non-hydrogen) atoms. The highest BCUT2D eigenvalue weighted by Crippen LogP contribution is 2.10. The number of amides is 1. The smallest absolute Gasteiger partial charge is 0.306 e. The highest BCUT2D eigenvalue weighted by atomic mass is 16.5. The zero-order valence-electron chi connectivity index (χ0n) is 9.97. The SMILES string of the molecule is COC(=O)CCC(=O)NC(C)c1ccncc1. The fraction of sp³-hybridized carbons (Fsp3) is 0.417. The van der Waals surface area contributed by atoms with Crippen LogP contribution in [-0.4, -0.2) is 24.0 Å². The molecule has 1 unspecified atom stereocenters. The van der Waals surface area contributed by atoms with Gasteiger partial charge in [0.15, 0.2) is 0 Å². The van der Waals surface area contributed by atoms with E-state index in [2.05, 4.69) is 15.0 Å². The number of rotatable bonds is 5. The van der Waals surface area contributed by atoms with Gasteiger partial charge in [0.05, 0.1) is 19.6 Å². The van der Waals surface area contributed by atoms with Gasteiger partial charge in [-0.25, -0.2) is 0 Å². The van der Waals surface area contributed by atoms with Crippen molar-refractivity contribution >= 4 is 11.9 Å². The molecule has 1 heterocycles. The number of ether oxygens (including phenoxy) is 1. The Morgan fingerprint density at radius 2 is 2.00 bits per heavy atom. The normalized spacial score (nSPS) is 11.6. The summed E-state index contributed by atoms with van der Waals surface area (Å²) in [6.45, 7) is 1.88. The van der Waals surface area contributed by atoms with Crippen LogP contribution >= 0.6 is 0 Å². The number of aromatic nitrogens is 1. The number of carbonyl (C=O) groups is 2. The van der Waals surface area contributed by atoms with Gasteiger partial charge < -0.3 is 10.1 Å². The molecule has 0 saturated heterocycles. The molecule has 0 radical (unpaired) electrons. The highest BCUT2D eigenvalue weighted by Gasteiger charge is 2.11. The van der Waals surface area contributed by atoms with E-state index in [0.29, 0.717) is 0 Å². The van der Waals surface area contributed by atoms with Crippen LogP contribution in [0.1, 0.15) is 31.4 Å². The Labute approximate surface area is 100 Å². The minimum atomic E-state index is -0.378. The monoisotopic (exact) mass is 236 g/mol. The first-order chi connectivity index (χ1) is 8.13. The van der Waals surface area contributed by atoms with E-state index in [1.807, 2.05) is 19.1 Å². The van der Waals surface area contributed by atoms with E-state index in [4.69, 9.17) is 0 Å². The standard InChI is InChI=1S/C12H16N2O3/c1-9(10-5-7-13-8-6-10)14-11(15)3-4-12(16)17-2/h5-9H,3-4H2,1-2H3,(H,14,15). The molecule has 1 N–H and O–H groups in total. The Kier molecular flexibility index (Phi) is 5.13. The maximum absolute atomic E-state index is 11.5. The van der Waals surface area contributed by atoms with Crippen LogP contribution in [0.3, 0.4) is 0 Å². The largest absolute Gasteiger partial charge is 0.469 e. The van der Waals surface area contributed by atoms with Gasteiger partial charge in [-0.3, -0.25) is 14.6 Å². The molecule has 0 fully saturated rings. The maximum Gasteiger partial charge on any atom is 0.306 e. The van der Waals surface area contributed by atoms with Crippen LogP contribution in [0.4, 0.5) is 0 Å². The van der Waals surface area contributed by atoms with E-state index in [1.54, 1.807) is 12.4 Å². The molecule has 1 atom stereocenters. The predicted molar refractivity (Wildman–Crippen MR) is 62.0 cm³/mol. The van der Waals surface area contributed by atoms with Crippen molar-refractivity contribution in [1.82, 2.24) is 10.3 Å². The molecule has 0 bridgehead atoms. The lowest BCUT2D eigenvalue weighted by Crippen LogP contribution is -2.27. The van der Waals surface area contributed by atoms with Crippen molar-refractivity contribution in [1.29, 1.82) is 0 Å². The molecular formula is C12H16N2O3. The lowest BCUT2D eigenvalue weighted by Gasteiger charge is -2.13. The van der Waals surface area contributed by atoms with Crippen LogP contribution < -0.4 is 5.32 Å². The number of hydrogen-bond donors (Lipinski definition) is 1. The Hall–Kier alpha value is -1.91. The summed E-state index contributed by atoms with van der Waals surface area (Å²) in [5, 5.41) is 2.80. The van der Waals surface area contributed by atoms with Gasteiger partial charge in [-0.1, -0.05) is 0 Å². The van der Waals surface area contributed by atoms with E-state index >= 15 is 0 Å². The number of nitrogens with one attached hydrogen (secondary N) is 1. The second-order valence-electron chi connectivity index (χ2n) is 3.65. The molecule has 1 amide bonds. The van der Waals surface area contributed by atoms with Gasteiger partial charge in [0.2, 0.25) is 5.91 Å². The summed E-state index contributed by atoms with van der Waals surface area (Å²) >= 11 is 0. The summed E-state index contributed by atoms with van der Waals surface area (Å²) in [6, 6.07) is 3.58. The summed E-state index contributed by atoms with van der Waals surface area (Å²) < 4.78 is 4.46. The first kappa shape index (κ1) is 13.2. The number of pyridine rings is 1. The van der Waals surface area contributed by atoms with Gasteiger partial charge >= 0.3 is 5.97 Å². The second kappa shape index (κ2) is 6.62. The topological polar surface area (TPSA) is 68.3 Å².